The van der Waals surface area contributed by atoms with Gasteiger partial charge in [-0.1, -0.05) is 81.4 Å². The zero-order chi connectivity index (χ0) is 30.5. The number of rotatable bonds is 10. The van der Waals surface area contributed by atoms with Gasteiger partial charge in [0.1, 0.15) is 0 Å². The first-order valence-electron chi connectivity index (χ1n) is 15.6. The maximum Gasteiger partial charge on any atom is 0.317 e. The van der Waals surface area contributed by atoms with Gasteiger partial charge >= 0.3 is 5.97 Å². The van der Waals surface area contributed by atoms with E-state index in [1.54, 1.807) is 0 Å². The van der Waals surface area contributed by atoms with E-state index in [1.165, 1.54) is 19.6 Å². The molecule has 8 heteroatoms. The van der Waals surface area contributed by atoms with Gasteiger partial charge < -0.3 is 14.4 Å². The Morgan fingerprint density at radius 3 is 2.00 bits per heavy atom. The Bertz CT molecular complexity index is 1270. The third kappa shape index (κ3) is 7.71. The molecule has 0 aromatic heterocycles. The summed E-state index contributed by atoms with van der Waals surface area (Å²) < 4.78 is 8.74. The highest BCUT2D eigenvalue weighted by atomic mass is 127. The molecule has 2 aliphatic rings. The van der Waals surface area contributed by atoms with Crippen LogP contribution in [0.1, 0.15) is 33.6 Å². The van der Waals surface area contributed by atoms with Crippen LogP contribution in [-0.2, 0) is 9.22 Å². The van der Waals surface area contributed by atoms with Crippen molar-refractivity contribution in [1.29, 1.82) is 0 Å². The fourth-order valence-electron chi connectivity index (χ4n) is 7.01. The van der Waals surface area contributed by atoms with Crippen molar-refractivity contribution in [2.75, 3.05) is 57.3 Å². The molecular weight excluding hydrogens is 665 g/mol. The van der Waals surface area contributed by atoms with E-state index in [2.05, 4.69) is 143 Å². The summed E-state index contributed by atoms with van der Waals surface area (Å²) in [5.74, 6) is -0.157. The fourth-order valence-corrected chi connectivity index (χ4v) is 12.0. The Kier molecular flexibility index (Phi) is 10.7. The van der Waals surface area contributed by atoms with E-state index in [9.17, 15) is 9.90 Å². The molecule has 1 unspecified atom stereocenters. The van der Waals surface area contributed by atoms with Crippen LogP contribution in [0.3, 0.4) is 0 Å². The molecule has 230 valence electrons. The molecular formula is C35H46IN3O3Si. The van der Waals surface area contributed by atoms with Crippen molar-refractivity contribution >= 4 is 52.9 Å². The van der Waals surface area contributed by atoms with Crippen LogP contribution in [0, 0.1) is 9.49 Å². The van der Waals surface area contributed by atoms with Crippen LogP contribution in [0.4, 0.5) is 5.69 Å². The first kappa shape index (κ1) is 32.2. The molecule has 0 spiro atoms. The van der Waals surface area contributed by atoms with Gasteiger partial charge in [0.2, 0.25) is 0 Å². The van der Waals surface area contributed by atoms with Gasteiger partial charge in [0.05, 0.1) is 13.2 Å². The topological polar surface area (TPSA) is 56.2 Å². The average molecular weight is 712 g/mol. The molecule has 43 heavy (non-hydrogen) atoms. The summed E-state index contributed by atoms with van der Waals surface area (Å²) in [6.45, 7) is 13.5. The van der Waals surface area contributed by atoms with Gasteiger partial charge in [-0.05, 0) is 94.1 Å². The Hall–Kier alpha value is -2.24. The van der Waals surface area contributed by atoms with Crippen molar-refractivity contribution in [3.05, 3.63) is 88.5 Å². The molecule has 2 aliphatic heterocycles. The molecule has 3 aromatic carbocycles. The molecule has 3 aromatic rings. The van der Waals surface area contributed by atoms with Gasteiger partial charge in [-0.3, -0.25) is 14.6 Å². The summed E-state index contributed by atoms with van der Waals surface area (Å²) in [4.78, 5) is 18.5. The number of aliphatic carboxylic acids is 1. The predicted octanol–water partition coefficient (Wildman–Crippen LogP) is 5.16. The maximum atomic E-state index is 11.2. The van der Waals surface area contributed by atoms with E-state index in [4.69, 9.17) is 4.43 Å². The van der Waals surface area contributed by atoms with E-state index in [0.29, 0.717) is 12.5 Å². The molecule has 2 heterocycles. The molecule has 2 fully saturated rings. The minimum Gasteiger partial charge on any atom is -0.480 e. The largest absolute Gasteiger partial charge is 0.480 e. The molecule has 0 saturated carbocycles. The number of piperidine rings is 1. The monoisotopic (exact) mass is 711 g/mol. The number of hydrogen-bond acceptors (Lipinski definition) is 5. The third-order valence-electron chi connectivity index (χ3n) is 9.26. The third-order valence-corrected chi connectivity index (χ3v) is 15.0. The van der Waals surface area contributed by atoms with Crippen LogP contribution in [0.15, 0.2) is 84.9 Å². The van der Waals surface area contributed by atoms with Gasteiger partial charge in [0.15, 0.2) is 0 Å². The Morgan fingerprint density at radius 1 is 0.884 bits per heavy atom. The second kappa shape index (κ2) is 14.2. The normalized spacial score (nSPS) is 19.4. The molecule has 0 bridgehead atoms. The number of carboxylic acids is 1. The lowest BCUT2D eigenvalue weighted by atomic mass is 9.95. The summed E-state index contributed by atoms with van der Waals surface area (Å²) in [6.07, 6.45) is 2.10. The molecule has 0 amide bonds. The number of carboxylic acid groups (broad SMARTS) is 1. The number of piperazine rings is 1. The first-order valence-corrected chi connectivity index (χ1v) is 18.6. The summed E-state index contributed by atoms with van der Waals surface area (Å²) in [6, 6.07) is 31.0. The molecule has 0 aliphatic carbocycles. The van der Waals surface area contributed by atoms with Crippen LogP contribution < -0.4 is 15.3 Å². The van der Waals surface area contributed by atoms with Gasteiger partial charge in [-0.15, -0.1) is 0 Å². The second-order valence-electron chi connectivity index (χ2n) is 13.2. The minimum atomic E-state index is -2.66. The molecule has 5 rings (SSSR count). The number of halogens is 1. The number of nitrogens with zero attached hydrogens (tertiary/aromatic N) is 3. The van der Waals surface area contributed by atoms with Gasteiger partial charge in [-0.2, -0.15) is 0 Å². The highest BCUT2D eigenvalue weighted by molar-refractivity contribution is 14.1. The first-order chi connectivity index (χ1) is 20.7. The highest BCUT2D eigenvalue weighted by Crippen LogP contribution is 2.37. The van der Waals surface area contributed by atoms with Crippen molar-refractivity contribution in [3.8, 4) is 0 Å². The summed E-state index contributed by atoms with van der Waals surface area (Å²) in [5, 5.41) is 11.8. The van der Waals surface area contributed by atoms with Crippen LogP contribution >= 0.6 is 22.6 Å². The number of carbonyl (C=O) groups is 1. The van der Waals surface area contributed by atoms with Gasteiger partial charge in [0.25, 0.3) is 8.32 Å². The summed E-state index contributed by atoms with van der Waals surface area (Å²) >= 11 is 2.38. The van der Waals surface area contributed by atoms with Crippen molar-refractivity contribution < 1.29 is 14.3 Å². The minimum absolute atomic E-state index is 0.0675. The van der Waals surface area contributed by atoms with Gasteiger partial charge in [0, 0.05) is 41.5 Å². The predicted molar refractivity (Wildman–Crippen MR) is 187 cm³/mol. The smallest absolute Gasteiger partial charge is 0.317 e. The van der Waals surface area contributed by atoms with Crippen molar-refractivity contribution in [2.45, 2.75) is 44.7 Å². The average Bonchev–Trinajstić information content (AvgIpc) is 3.00. The zero-order valence-electron chi connectivity index (χ0n) is 25.8. The van der Waals surface area contributed by atoms with Crippen molar-refractivity contribution in [3.63, 3.8) is 0 Å². The molecule has 2 saturated heterocycles. The lowest BCUT2D eigenvalue weighted by Crippen LogP contribution is -2.68. The van der Waals surface area contributed by atoms with Crippen LogP contribution in [0.2, 0.25) is 5.04 Å². The van der Waals surface area contributed by atoms with Crippen LogP contribution in [0.5, 0.6) is 0 Å². The Labute approximate surface area is 272 Å². The number of benzene rings is 3. The quantitative estimate of drug-likeness (QED) is 0.232. The van der Waals surface area contributed by atoms with Crippen LogP contribution in [0.25, 0.3) is 0 Å². The summed E-state index contributed by atoms with van der Waals surface area (Å²) in [5.41, 5.74) is 1.28. The Morgan fingerprint density at radius 2 is 1.47 bits per heavy atom. The lowest BCUT2D eigenvalue weighted by Gasteiger charge is -2.48. The standard InChI is InChI=1S/C35H46IN3O3Si/c1-35(2,3)43(32-10-6-4-7-11-32,33-12-8-5-9-13-33)42-27-31-25-39(30-16-14-29(36)15-17-30)23-22-38(31)24-28-18-20-37(21-19-28)26-34(40)41/h4-17,28,31H,18-27H2,1-3H3,(H,40,41). The van der Waals surface area contributed by atoms with Crippen molar-refractivity contribution in [2.24, 2.45) is 5.92 Å². The second-order valence-corrected chi connectivity index (χ2v) is 18.7. The van der Waals surface area contributed by atoms with E-state index in [1.807, 2.05) is 0 Å². The SMILES string of the molecule is CC(C)(C)[Si](OCC1CN(c2ccc(I)cc2)CCN1CC1CCN(CC(=O)O)CC1)(c1ccccc1)c1ccccc1. The molecule has 1 N–H and O–H groups in total. The lowest BCUT2D eigenvalue weighted by molar-refractivity contribution is -0.138. The number of anilines is 1. The van der Waals surface area contributed by atoms with Crippen molar-refractivity contribution in [1.82, 2.24) is 9.80 Å². The molecule has 6 nitrogen and oxygen atoms in total. The van der Waals surface area contributed by atoms with E-state index < -0.39 is 14.3 Å². The maximum absolute atomic E-state index is 11.2. The number of hydrogen-bond donors (Lipinski definition) is 1. The number of likely N-dealkylation sites (tertiary alicyclic amines) is 1. The van der Waals surface area contributed by atoms with Crippen LogP contribution in [-0.4, -0.2) is 87.7 Å². The summed E-state index contributed by atoms with van der Waals surface area (Å²) in [7, 11) is -2.66. The molecule has 1 atom stereocenters. The van der Waals surface area contributed by atoms with E-state index in [-0.39, 0.29) is 17.6 Å². The zero-order valence-corrected chi connectivity index (χ0v) is 28.9. The molecule has 0 radical (unpaired) electrons. The fraction of sp³-hybridized carbons (Fsp3) is 0.457. The van der Waals surface area contributed by atoms with E-state index >= 15 is 0 Å². The highest BCUT2D eigenvalue weighted by Gasteiger charge is 2.50. The Balaban J connectivity index is 1.41. The van der Waals surface area contributed by atoms with E-state index in [0.717, 1.165) is 52.1 Å². The van der Waals surface area contributed by atoms with Gasteiger partial charge in [-0.25, -0.2) is 0 Å².